The van der Waals surface area contributed by atoms with E-state index in [9.17, 15) is 0 Å². The van der Waals surface area contributed by atoms with E-state index in [0.29, 0.717) is 0 Å². The second-order valence-corrected chi connectivity index (χ2v) is 8.49. The first kappa shape index (κ1) is 17.3. The molecule has 0 amide bonds. The maximum atomic E-state index is 5.64. The largest absolute Gasteiger partial charge is 0.454 e. The van der Waals surface area contributed by atoms with E-state index in [4.69, 9.17) is 14.0 Å². The monoisotopic (exact) mass is 380 g/mol. The number of nitrogens with zero attached hydrogens (tertiary/aromatic N) is 3. The smallest absolute Gasteiger partial charge is 0.231 e. The lowest BCUT2D eigenvalue weighted by Crippen LogP contribution is -2.29. The molecule has 0 aliphatic carbocycles. The molecule has 2 aromatic heterocycles. The zero-order chi connectivity index (χ0) is 19.3. The number of nitrogens with one attached hydrogen (secondary N) is 1. The van der Waals surface area contributed by atoms with Crippen molar-refractivity contribution < 1.29 is 14.0 Å². The van der Waals surface area contributed by atoms with Gasteiger partial charge in [0.15, 0.2) is 11.5 Å². The van der Waals surface area contributed by atoms with Crippen LogP contribution in [0.4, 0.5) is 0 Å². The maximum absolute atomic E-state index is 5.64. The molecular weight excluding hydrogens is 356 g/mol. The van der Waals surface area contributed by atoms with Gasteiger partial charge >= 0.3 is 0 Å². The topological polar surface area (TPSA) is 76.4 Å². The summed E-state index contributed by atoms with van der Waals surface area (Å²) >= 11 is 0. The van der Waals surface area contributed by atoms with Crippen LogP contribution in [-0.2, 0) is 24.9 Å². The molecule has 2 aliphatic heterocycles. The lowest BCUT2D eigenvalue weighted by atomic mass is 9.92. The molecule has 7 nitrogen and oxygen atoms in total. The number of aromatic nitrogens is 3. The van der Waals surface area contributed by atoms with Gasteiger partial charge in [-0.25, -0.2) is 0 Å². The zero-order valence-electron chi connectivity index (χ0n) is 16.4. The van der Waals surface area contributed by atoms with E-state index < -0.39 is 0 Å². The van der Waals surface area contributed by atoms with E-state index in [0.717, 1.165) is 71.5 Å². The molecule has 146 valence electrons. The van der Waals surface area contributed by atoms with Gasteiger partial charge < -0.3 is 14.0 Å². The van der Waals surface area contributed by atoms with Gasteiger partial charge in [-0.15, -0.1) is 0 Å². The fraction of sp³-hybridized carbons (Fsp3) is 0.429. The predicted molar refractivity (Wildman–Crippen MR) is 103 cm³/mol. The molecule has 0 saturated heterocycles. The maximum Gasteiger partial charge on any atom is 0.231 e. The Morgan fingerprint density at radius 1 is 1.14 bits per heavy atom. The minimum Gasteiger partial charge on any atom is -0.454 e. The summed E-state index contributed by atoms with van der Waals surface area (Å²) in [7, 11) is 0. The number of ether oxygens (including phenoxy) is 2. The van der Waals surface area contributed by atoms with Gasteiger partial charge in [0.2, 0.25) is 6.79 Å². The van der Waals surface area contributed by atoms with Gasteiger partial charge in [-0.1, -0.05) is 25.9 Å². The molecule has 1 aromatic carbocycles. The van der Waals surface area contributed by atoms with E-state index in [1.54, 1.807) is 0 Å². The molecular formula is C21H24N4O3. The third-order valence-corrected chi connectivity index (χ3v) is 5.35. The standard InChI is InChI=1S/C21H24N4O3/c1-21(2,3)19-9-14(22-23-19)10-25-7-6-16-15(11-25)20(24-28-16)13-4-5-17-18(8-13)27-12-26-17/h4-5,8-9H,6-7,10-12H2,1-3H3,(H,22,23). The Morgan fingerprint density at radius 2 is 2.00 bits per heavy atom. The fourth-order valence-corrected chi connectivity index (χ4v) is 3.74. The third-order valence-electron chi connectivity index (χ3n) is 5.35. The number of rotatable bonds is 3. The van der Waals surface area contributed by atoms with E-state index in [1.807, 2.05) is 18.2 Å². The van der Waals surface area contributed by atoms with E-state index in [1.165, 1.54) is 0 Å². The van der Waals surface area contributed by atoms with Gasteiger partial charge in [0.1, 0.15) is 11.5 Å². The molecule has 2 aliphatic rings. The van der Waals surface area contributed by atoms with E-state index in [-0.39, 0.29) is 12.2 Å². The van der Waals surface area contributed by atoms with Crippen molar-refractivity contribution in [2.45, 2.75) is 45.7 Å². The molecule has 5 rings (SSSR count). The third kappa shape index (κ3) is 3.05. The van der Waals surface area contributed by atoms with Crippen LogP contribution in [0.25, 0.3) is 11.3 Å². The lowest BCUT2D eigenvalue weighted by Gasteiger charge is -2.25. The van der Waals surface area contributed by atoms with Crippen molar-refractivity contribution in [2.24, 2.45) is 0 Å². The highest BCUT2D eigenvalue weighted by atomic mass is 16.7. The summed E-state index contributed by atoms with van der Waals surface area (Å²) in [5.41, 5.74) is 5.30. The van der Waals surface area contributed by atoms with Crippen LogP contribution >= 0.6 is 0 Å². The summed E-state index contributed by atoms with van der Waals surface area (Å²) in [6.07, 6.45) is 0.854. The number of fused-ring (bicyclic) bond motifs is 2. The van der Waals surface area contributed by atoms with Crippen molar-refractivity contribution in [1.29, 1.82) is 0 Å². The predicted octanol–water partition coefficient (Wildman–Crippen LogP) is 3.65. The molecule has 1 N–H and O–H groups in total. The molecule has 0 fully saturated rings. The highest BCUT2D eigenvalue weighted by Gasteiger charge is 2.27. The van der Waals surface area contributed by atoms with Gasteiger partial charge in [0.05, 0.1) is 5.69 Å². The first-order valence-electron chi connectivity index (χ1n) is 9.62. The van der Waals surface area contributed by atoms with Crippen molar-refractivity contribution in [3.63, 3.8) is 0 Å². The molecule has 0 unspecified atom stereocenters. The van der Waals surface area contributed by atoms with Crippen LogP contribution in [0.2, 0.25) is 0 Å². The average molecular weight is 380 g/mol. The SMILES string of the molecule is CC(C)(C)c1cc(CN2CCc3onc(-c4ccc5c(c4)OCO5)c3C2)[nH]n1. The van der Waals surface area contributed by atoms with Gasteiger partial charge in [0.25, 0.3) is 0 Å². The number of hydrogen-bond acceptors (Lipinski definition) is 6. The number of aromatic amines is 1. The van der Waals surface area contributed by atoms with Gasteiger partial charge in [-0.05, 0) is 24.3 Å². The van der Waals surface area contributed by atoms with Crippen molar-refractivity contribution in [1.82, 2.24) is 20.3 Å². The Kier molecular flexibility index (Phi) is 3.94. The number of hydrogen-bond donors (Lipinski definition) is 1. The molecule has 28 heavy (non-hydrogen) atoms. The first-order chi connectivity index (χ1) is 13.5. The quantitative estimate of drug-likeness (QED) is 0.747. The Balaban J connectivity index is 1.37. The van der Waals surface area contributed by atoms with Gasteiger partial charge in [-0.2, -0.15) is 5.10 Å². The van der Waals surface area contributed by atoms with Crippen LogP contribution < -0.4 is 9.47 Å². The summed E-state index contributed by atoms with van der Waals surface area (Å²) in [6.45, 7) is 9.36. The molecule has 0 atom stereocenters. The molecule has 0 spiro atoms. The molecule has 3 aromatic rings. The zero-order valence-corrected chi connectivity index (χ0v) is 16.4. The van der Waals surface area contributed by atoms with Crippen molar-refractivity contribution in [3.8, 4) is 22.8 Å². The van der Waals surface area contributed by atoms with Crippen LogP contribution in [0.3, 0.4) is 0 Å². The highest BCUT2D eigenvalue weighted by molar-refractivity contribution is 5.67. The minimum absolute atomic E-state index is 0.0464. The van der Waals surface area contributed by atoms with Crippen LogP contribution in [0.1, 0.15) is 43.5 Å². The first-order valence-corrected chi connectivity index (χ1v) is 9.62. The highest BCUT2D eigenvalue weighted by Crippen LogP contribution is 2.38. The summed E-state index contributed by atoms with van der Waals surface area (Å²) in [6, 6.07) is 8.08. The Labute approximate surface area is 163 Å². The second kappa shape index (κ2) is 6.38. The Bertz CT molecular complexity index is 1020. The summed E-state index contributed by atoms with van der Waals surface area (Å²) < 4.78 is 16.6. The molecule has 0 saturated carbocycles. The molecule has 4 heterocycles. The Hall–Kier alpha value is -2.80. The van der Waals surface area contributed by atoms with Crippen LogP contribution in [0, 0.1) is 0 Å². The van der Waals surface area contributed by atoms with E-state index >= 15 is 0 Å². The van der Waals surface area contributed by atoms with Gasteiger partial charge in [-0.3, -0.25) is 10.00 Å². The summed E-state index contributed by atoms with van der Waals surface area (Å²) in [5.74, 6) is 2.51. The lowest BCUT2D eigenvalue weighted by molar-refractivity contribution is 0.174. The molecule has 0 radical (unpaired) electrons. The van der Waals surface area contributed by atoms with Crippen molar-refractivity contribution in [2.75, 3.05) is 13.3 Å². The van der Waals surface area contributed by atoms with Crippen molar-refractivity contribution >= 4 is 0 Å². The summed E-state index contributed by atoms with van der Waals surface area (Å²) in [5, 5.41) is 12.0. The van der Waals surface area contributed by atoms with Gasteiger partial charge in [0, 0.05) is 48.3 Å². The molecule has 0 bridgehead atoms. The number of benzene rings is 1. The second-order valence-electron chi connectivity index (χ2n) is 8.49. The summed E-state index contributed by atoms with van der Waals surface area (Å²) in [4.78, 5) is 2.40. The van der Waals surface area contributed by atoms with Crippen molar-refractivity contribution in [3.05, 3.63) is 47.0 Å². The average Bonchev–Trinajstić information content (AvgIpc) is 3.39. The van der Waals surface area contributed by atoms with E-state index in [2.05, 4.69) is 47.1 Å². The molecule has 7 heteroatoms. The van der Waals surface area contributed by atoms with Crippen LogP contribution in [-0.4, -0.2) is 33.6 Å². The van der Waals surface area contributed by atoms with Crippen LogP contribution in [0.5, 0.6) is 11.5 Å². The minimum atomic E-state index is 0.0464. The fourth-order valence-electron chi connectivity index (χ4n) is 3.74. The normalized spacial score (nSPS) is 16.4. The Morgan fingerprint density at radius 3 is 2.82 bits per heavy atom. The number of H-pyrrole nitrogens is 1. The van der Waals surface area contributed by atoms with Crippen LogP contribution in [0.15, 0.2) is 28.8 Å².